The van der Waals surface area contributed by atoms with Gasteiger partial charge in [0.2, 0.25) is 5.91 Å². The molecular formula is C13H18N2O3. The number of carbonyl (C=O) groups excluding carboxylic acids is 2. The maximum absolute atomic E-state index is 11.2. The molecule has 98 valence electrons. The van der Waals surface area contributed by atoms with Gasteiger partial charge in [0.05, 0.1) is 18.7 Å². The van der Waals surface area contributed by atoms with Gasteiger partial charge in [-0.15, -0.1) is 0 Å². The summed E-state index contributed by atoms with van der Waals surface area (Å²) in [4.78, 5) is 22.4. The number of hydrogen-bond acceptors (Lipinski definition) is 4. The summed E-state index contributed by atoms with van der Waals surface area (Å²) in [6.07, 6.45) is 0.694. The van der Waals surface area contributed by atoms with Crippen LogP contribution in [0.4, 0.5) is 0 Å². The highest BCUT2D eigenvalue weighted by atomic mass is 16.5. The Kier molecular flexibility index (Phi) is 5.32. The molecule has 0 bridgehead atoms. The fourth-order valence-corrected chi connectivity index (χ4v) is 1.42. The molecule has 0 aliphatic rings. The second kappa shape index (κ2) is 6.76. The minimum absolute atomic E-state index is 0.166. The van der Waals surface area contributed by atoms with Crippen LogP contribution in [0, 0.1) is 0 Å². The van der Waals surface area contributed by atoms with Crippen molar-refractivity contribution >= 4 is 11.9 Å². The second-order valence-electron chi connectivity index (χ2n) is 4.02. The molecule has 0 saturated carbocycles. The van der Waals surface area contributed by atoms with E-state index in [0.717, 1.165) is 5.56 Å². The van der Waals surface area contributed by atoms with E-state index < -0.39 is 6.04 Å². The minimum atomic E-state index is -0.494. The molecule has 0 unspecified atom stereocenters. The first-order chi connectivity index (χ1) is 8.54. The van der Waals surface area contributed by atoms with Gasteiger partial charge in [0.1, 0.15) is 0 Å². The highest BCUT2D eigenvalue weighted by Crippen LogP contribution is 2.06. The highest BCUT2D eigenvalue weighted by Gasteiger charge is 2.06. The SMILES string of the molecule is COC(=O)c1ccc(CCNC(=O)[C@@H](C)N)cc1. The Morgan fingerprint density at radius 1 is 1.33 bits per heavy atom. The third kappa shape index (κ3) is 4.18. The number of esters is 1. The topological polar surface area (TPSA) is 81.4 Å². The van der Waals surface area contributed by atoms with E-state index >= 15 is 0 Å². The van der Waals surface area contributed by atoms with Crippen LogP contribution < -0.4 is 11.1 Å². The predicted molar refractivity (Wildman–Crippen MR) is 68.1 cm³/mol. The van der Waals surface area contributed by atoms with E-state index in [9.17, 15) is 9.59 Å². The van der Waals surface area contributed by atoms with E-state index in [0.29, 0.717) is 18.5 Å². The smallest absolute Gasteiger partial charge is 0.337 e. The standard InChI is InChI=1S/C13H18N2O3/c1-9(14)12(16)15-8-7-10-3-5-11(6-4-10)13(17)18-2/h3-6,9H,7-8,14H2,1-2H3,(H,15,16)/t9-/m1/s1. The molecule has 3 N–H and O–H groups in total. The Bertz CT molecular complexity index is 413. The van der Waals surface area contributed by atoms with Crippen LogP contribution in [0.3, 0.4) is 0 Å². The zero-order valence-corrected chi connectivity index (χ0v) is 10.6. The molecule has 0 fully saturated rings. The third-order valence-electron chi connectivity index (χ3n) is 2.50. The molecule has 0 aliphatic heterocycles. The number of carbonyl (C=O) groups is 2. The highest BCUT2D eigenvalue weighted by molar-refractivity contribution is 5.89. The first-order valence-electron chi connectivity index (χ1n) is 5.75. The molecule has 18 heavy (non-hydrogen) atoms. The van der Waals surface area contributed by atoms with Gasteiger partial charge < -0.3 is 15.8 Å². The van der Waals surface area contributed by atoms with Gasteiger partial charge in [-0.25, -0.2) is 4.79 Å². The van der Waals surface area contributed by atoms with Crippen LogP contribution in [0.2, 0.25) is 0 Å². The first-order valence-corrected chi connectivity index (χ1v) is 5.75. The lowest BCUT2D eigenvalue weighted by molar-refractivity contribution is -0.121. The Morgan fingerprint density at radius 2 is 1.94 bits per heavy atom. The van der Waals surface area contributed by atoms with Crippen LogP contribution in [0.15, 0.2) is 24.3 Å². The largest absolute Gasteiger partial charge is 0.465 e. The summed E-state index contributed by atoms with van der Waals surface area (Å²) in [7, 11) is 1.35. The average molecular weight is 250 g/mol. The summed E-state index contributed by atoms with van der Waals surface area (Å²) in [6.45, 7) is 2.17. The number of rotatable bonds is 5. The number of hydrogen-bond donors (Lipinski definition) is 2. The Labute approximate surface area is 106 Å². The van der Waals surface area contributed by atoms with Gasteiger partial charge in [-0.1, -0.05) is 12.1 Å². The zero-order valence-electron chi connectivity index (χ0n) is 10.6. The summed E-state index contributed by atoms with van der Waals surface area (Å²) in [5.74, 6) is -0.520. The summed E-state index contributed by atoms with van der Waals surface area (Å²) < 4.78 is 4.61. The van der Waals surface area contributed by atoms with Gasteiger partial charge >= 0.3 is 5.97 Å². The van der Waals surface area contributed by atoms with Crippen molar-refractivity contribution in [1.82, 2.24) is 5.32 Å². The van der Waals surface area contributed by atoms with Gasteiger partial charge in [0.25, 0.3) is 0 Å². The monoisotopic (exact) mass is 250 g/mol. The van der Waals surface area contributed by atoms with Crippen LogP contribution in [-0.4, -0.2) is 31.6 Å². The third-order valence-corrected chi connectivity index (χ3v) is 2.50. The lowest BCUT2D eigenvalue weighted by Crippen LogP contribution is -2.39. The molecule has 0 heterocycles. The molecule has 1 aromatic rings. The molecule has 0 radical (unpaired) electrons. The predicted octanol–water partition coefficient (Wildman–Crippen LogP) is 0.479. The molecule has 5 heteroatoms. The van der Waals surface area contributed by atoms with Crippen molar-refractivity contribution in [3.8, 4) is 0 Å². The molecule has 1 aromatic carbocycles. The van der Waals surface area contributed by atoms with Gasteiger partial charge in [-0.05, 0) is 31.0 Å². The van der Waals surface area contributed by atoms with Crippen LogP contribution in [0.5, 0.6) is 0 Å². The number of methoxy groups -OCH3 is 1. The quantitative estimate of drug-likeness (QED) is 0.745. The van der Waals surface area contributed by atoms with Gasteiger partial charge in [0.15, 0.2) is 0 Å². The van der Waals surface area contributed by atoms with E-state index in [4.69, 9.17) is 5.73 Å². The number of nitrogens with one attached hydrogen (secondary N) is 1. The normalized spacial score (nSPS) is 11.7. The van der Waals surface area contributed by atoms with E-state index in [1.807, 2.05) is 12.1 Å². The fraction of sp³-hybridized carbons (Fsp3) is 0.385. The number of ether oxygens (including phenoxy) is 1. The van der Waals surface area contributed by atoms with Crippen LogP contribution >= 0.6 is 0 Å². The zero-order chi connectivity index (χ0) is 13.5. The van der Waals surface area contributed by atoms with Crippen molar-refractivity contribution in [3.63, 3.8) is 0 Å². The maximum Gasteiger partial charge on any atom is 0.337 e. The molecule has 0 saturated heterocycles. The van der Waals surface area contributed by atoms with Crippen molar-refractivity contribution < 1.29 is 14.3 Å². The lowest BCUT2D eigenvalue weighted by atomic mass is 10.1. The first kappa shape index (κ1) is 14.2. The molecule has 5 nitrogen and oxygen atoms in total. The molecule has 1 atom stereocenters. The molecule has 1 rings (SSSR count). The molecular weight excluding hydrogens is 232 g/mol. The summed E-state index contributed by atoms with van der Waals surface area (Å²) in [5.41, 5.74) is 6.97. The molecule has 0 aliphatic carbocycles. The lowest BCUT2D eigenvalue weighted by Gasteiger charge is -2.07. The summed E-state index contributed by atoms with van der Waals surface area (Å²) in [6, 6.07) is 6.59. The van der Waals surface area contributed by atoms with Crippen molar-refractivity contribution in [1.29, 1.82) is 0 Å². The Hall–Kier alpha value is -1.88. The Morgan fingerprint density at radius 3 is 2.44 bits per heavy atom. The van der Waals surface area contributed by atoms with Crippen molar-refractivity contribution in [2.45, 2.75) is 19.4 Å². The average Bonchev–Trinajstić information content (AvgIpc) is 2.38. The van der Waals surface area contributed by atoms with Crippen LogP contribution in [0.25, 0.3) is 0 Å². The maximum atomic E-state index is 11.2. The van der Waals surface area contributed by atoms with Crippen molar-refractivity contribution in [2.75, 3.05) is 13.7 Å². The van der Waals surface area contributed by atoms with Crippen molar-refractivity contribution in [3.05, 3.63) is 35.4 Å². The van der Waals surface area contributed by atoms with Gasteiger partial charge in [-0.3, -0.25) is 4.79 Å². The Balaban J connectivity index is 2.45. The van der Waals surface area contributed by atoms with Gasteiger partial charge in [0, 0.05) is 6.54 Å². The number of nitrogens with two attached hydrogens (primary N) is 1. The summed E-state index contributed by atoms with van der Waals surface area (Å²) in [5, 5.41) is 2.72. The van der Waals surface area contributed by atoms with E-state index in [1.165, 1.54) is 7.11 Å². The van der Waals surface area contributed by atoms with Crippen LogP contribution in [0.1, 0.15) is 22.8 Å². The second-order valence-corrected chi connectivity index (χ2v) is 4.02. The number of amides is 1. The number of benzene rings is 1. The molecule has 0 spiro atoms. The van der Waals surface area contributed by atoms with Crippen LogP contribution in [-0.2, 0) is 16.0 Å². The molecule has 1 amide bonds. The van der Waals surface area contributed by atoms with Crippen molar-refractivity contribution in [2.24, 2.45) is 5.73 Å². The van der Waals surface area contributed by atoms with Gasteiger partial charge in [-0.2, -0.15) is 0 Å². The summed E-state index contributed by atoms with van der Waals surface area (Å²) >= 11 is 0. The van der Waals surface area contributed by atoms with E-state index in [2.05, 4.69) is 10.1 Å². The minimum Gasteiger partial charge on any atom is -0.465 e. The molecule has 0 aromatic heterocycles. The van der Waals surface area contributed by atoms with E-state index in [-0.39, 0.29) is 11.9 Å². The fourth-order valence-electron chi connectivity index (χ4n) is 1.42. The van der Waals surface area contributed by atoms with E-state index in [1.54, 1.807) is 19.1 Å².